The van der Waals surface area contributed by atoms with E-state index >= 15 is 0 Å². The lowest BCUT2D eigenvalue weighted by Crippen LogP contribution is -2.01. The normalized spacial score (nSPS) is 12.5. The standard InChI is InChI=1S/C20H20BrNO2/c1-3-12(2)13-8-9-18-15(10-13)16(11-19(23)24)20(22-18)14-6-4-5-7-17(14)21/h4-10,12,22H,3,11H2,1-2H3,(H,23,24). The predicted octanol–water partition coefficient (Wildman–Crippen LogP) is 5.74. The van der Waals surface area contributed by atoms with Crippen LogP contribution in [-0.4, -0.2) is 16.1 Å². The summed E-state index contributed by atoms with van der Waals surface area (Å²) in [7, 11) is 0. The van der Waals surface area contributed by atoms with Crippen LogP contribution in [0.5, 0.6) is 0 Å². The zero-order valence-corrected chi connectivity index (χ0v) is 15.4. The monoisotopic (exact) mass is 385 g/mol. The van der Waals surface area contributed by atoms with Gasteiger partial charge in [-0.05, 0) is 41.7 Å². The minimum Gasteiger partial charge on any atom is -0.481 e. The first kappa shape index (κ1) is 16.8. The van der Waals surface area contributed by atoms with E-state index in [-0.39, 0.29) is 6.42 Å². The van der Waals surface area contributed by atoms with E-state index in [4.69, 9.17) is 0 Å². The molecule has 0 spiro atoms. The van der Waals surface area contributed by atoms with Crippen LogP contribution in [0.3, 0.4) is 0 Å². The summed E-state index contributed by atoms with van der Waals surface area (Å²) in [4.78, 5) is 14.8. The molecule has 0 saturated carbocycles. The van der Waals surface area contributed by atoms with Crippen LogP contribution >= 0.6 is 15.9 Å². The molecule has 24 heavy (non-hydrogen) atoms. The number of hydrogen-bond donors (Lipinski definition) is 2. The van der Waals surface area contributed by atoms with Crippen molar-refractivity contribution in [3.8, 4) is 11.3 Å². The highest BCUT2D eigenvalue weighted by atomic mass is 79.9. The van der Waals surface area contributed by atoms with Gasteiger partial charge in [0.15, 0.2) is 0 Å². The number of carboxylic acids is 1. The zero-order chi connectivity index (χ0) is 17.3. The van der Waals surface area contributed by atoms with Crippen molar-refractivity contribution in [2.24, 2.45) is 0 Å². The van der Waals surface area contributed by atoms with Crippen molar-refractivity contribution in [2.45, 2.75) is 32.6 Å². The highest BCUT2D eigenvalue weighted by Crippen LogP contribution is 2.36. The summed E-state index contributed by atoms with van der Waals surface area (Å²) in [6.07, 6.45) is 1.06. The van der Waals surface area contributed by atoms with Gasteiger partial charge in [-0.15, -0.1) is 0 Å². The van der Waals surface area contributed by atoms with Gasteiger partial charge < -0.3 is 10.1 Å². The van der Waals surface area contributed by atoms with E-state index in [0.29, 0.717) is 5.92 Å². The number of carboxylic acid groups (broad SMARTS) is 1. The van der Waals surface area contributed by atoms with Crippen LogP contribution in [0.25, 0.3) is 22.2 Å². The number of rotatable bonds is 5. The fourth-order valence-electron chi connectivity index (χ4n) is 3.04. The van der Waals surface area contributed by atoms with Gasteiger partial charge in [0.05, 0.1) is 12.1 Å². The Hall–Kier alpha value is -2.07. The molecule has 1 heterocycles. The van der Waals surface area contributed by atoms with Gasteiger partial charge in [0.25, 0.3) is 0 Å². The number of benzene rings is 2. The smallest absolute Gasteiger partial charge is 0.307 e. The molecular weight excluding hydrogens is 366 g/mol. The SMILES string of the molecule is CCC(C)c1ccc2[nH]c(-c3ccccc3Br)c(CC(=O)O)c2c1. The Balaban J connectivity index is 2.25. The number of halogens is 1. The third kappa shape index (κ3) is 3.11. The van der Waals surface area contributed by atoms with Crippen molar-refractivity contribution in [3.05, 3.63) is 58.1 Å². The van der Waals surface area contributed by atoms with Crippen LogP contribution in [0, 0.1) is 0 Å². The molecule has 0 aliphatic rings. The number of aliphatic carboxylic acids is 1. The van der Waals surface area contributed by atoms with E-state index in [9.17, 15) is 9.90 Å². The van der Waals surface area contributed by atoms with Crippen molar-refractivity contribution in [1.82, 2.24) is 4.98 Å². The molecule has 0 amide bonds. The predicted molar refractivity (Wildman–Crippen MR) is 101 cm³/mol. The maximum Gasteiger partial charge on any atom is 0.307 e. The number of H-pyrrole nitrogens is 1. The molecular formula is C20H20BrNO2. The van der Waals surface area contributed by atoms with E-state index < -0.39 is 5.97 Å². The lowest BCUT2D eigenvalue weighted by atomic mass is 9.95. The highest BCUT2D eigenvalue weighted by molar-refractivity contribution is 9.10. The van der Waals surface area contributed by atoms with Gasteiger partial charge >= 0.3 is 5.97 Å². The first-order chi connectivity index (χ1) is 11.5. The molecule has 0 aliphatic carbocycles. The summed E-state index contributed by atoms with van der Waals surface area (Å²) in [6.45, 7) is 4.36. The van der Waals surface area contributed by atoms with Crippen LogP contribution in [0.15, 0.2) is 46.9 Å². The van der Waals surface area contributed by atoms with Crippen LogP contribution in [0.1, 0.15) is 37.3 Å². The maximum absolute atomic E-state index is 11.4. The summed E-state index contributed by atoms with van der Waals surface area (Å²) >= 11 is 3.57. The number of aromatic nitrogens is 1. The molecule has 1 atom stereocenters. The molecule has 4 heteroatoms. The fraction of sp³-hybridized carbons (Fsp3) is 0.250. The average Bonchev–Trinajstić information content (AvgIpc) is 2.91. The molecule has 3 rings (SSSR count). The Morgan fingerprint density at radius 2 is 2.00 bits per heavy atom. The Morgan fingerprint density at radius 1 is 1.25 bits per heavy atom. The average molecular weight is 386 g/mol. The summed E-state index contributed by atoms with van der Waals surface area (Å²) in [5.74, 6) is -0.368. The second kappa shape index (κ2) is 6.81. The van der Waals surface area contributed by atoms with Crippen LogP contribution in [0.4, 0.5) is 0 Å². The van der Waals surface area contributed by atoms with Gasteiger partial charge in [-0.3, -0.25) is 4.79 Å². The van der Waals surface area contributed by atoms with Crippen molar-refractivity contribution >= 4 is 32.8 Å². The Bertz CT molecular complexity index is 898. The second-order valence-corrected chi connectivity index (χ2v) is 7.00. The minimum absolute atomic E-state index is 0.000622. The van der Waals surface area contributed by atoms with E-state index in [1.54, 1.807) is 0 Å². The molecule has 0 bridgehead atoms. The number of fused-ring (bicyclic) bond motifs is 1. The topological polar surface area (TPSA) is 53.1 Å². The van der Waals surface area contributed by atoms with Gasteiger partial charge in [0.1, 0.15) is 0 Å². The quantitative estimate of drug-likeness (QED) is 0.588. The Kier molecular flexibility index (Phi) is 4.76. The van der Waals surface area contributed by atoms with Gasteiger partial charge in [-0.1, -0.05) is 54.0 Å². The number of carbonyl (C=O) groups is 1. The van der Waals surface area contributed by atoms with E-state index in [1.165, 1.54) is 5.56 Å². The van der Waals surface area contributed by atoms with E-state index in [2.05, 4.69) is 53.0 Å². The number of nitrogens with one attached hydrogen (secondary N) is 1. The molecule has 3 nitrogen and oxygen atoms in total. The molecule has 0 fully saturated rings. The Labute approximate surface area is 149 Å². The van der Waals surface area contributed by atoms with Crippen molar-refractivity contribution in [3.63, 3.8) is 0 Å². The molecule has 0 aliphatic heterocycles. The van der Waals surface area contributed by atoms with E-state index in [1.807, 2.05) is 24.3 Å². The Morgan fingerprint density at radius 3 is 2.67 bits per heavy atom. The van der Waals surface area contributed by atoms with Crippen LogP contribution in [0.2, 0.25) is 0 Å². The lowest BCUT2D eigenvalue weighted by molar-refractivity contribution is -0.136. The zero-order valence-electron chi connectivity index (χ0n) is 13.8. The fourth-order valence-corrected chi connectivity index (χ4v) is 3.52. The van der Waals surface area contributed by atoms with Gasteiger partial charge in [-0.2, -0.15) is 0 Å². The van der Waals surface area contributed by atoms with Gasteiger partial charge in [0.2, 0.25) is 0 Å². The summed E-state index contributed by atoms with van der Waals surface area (Å²) < 4.78 is 0.949. The van der Waals surface area contributed by atoms with Crippen molar-refractivity contribution < 1.29 is 9.90 Å². The number of hydrogen-bond acceptors (Lipinski definition) is 1. The van der Waals surface area contributed by atoms with Gasteiger partial charge in [-0.25, -0.2) is 0 Å². The highest BCUT2D eigenvalue weighted by Gasteiger charge is 2.18. The number of aromatic amines is 1. The third-order valence-corrected chi connectivity index (χ3v) is 5.27. The first-order valence-electron chi connectivity index (χ1n) is 8.12. The van der Waals surface area contributed by atoms with Gasteiger partial charge in [0, 0.05) is 20.9 Å². The molecule has 2 aromatic carbocycles. The van der Waals surface area contributed by atoms with Crippen molar-refractivity contribution in [2.75, 3.05) is 0 Å². The first-order valence-corrected chi connectivity index (χ1v) is 8.91. The van der Waals surface area contributed by atoms with Crippen molar-refractivity contribution in [1.29, 1.82) is 0 Å². The molecule has 124 valence electrons. The largest absolute Gasteiger partial charge is 0.481 e. The lowest BCUT2D eigenvalue weighted by Gasteiger charge is -2.09. The molecule has 2 N–H and O–H groups in total. The summed E-state index contributed by atoms with van der Waals surface area (Å²) in [5.41, 5.74) is 4.92. The molecule has 1 unspecified atom stereocenters. The maximum atomic E-state index is 11.4. The molecule has 1 aromatic heterocycles. The second-order valence-electron chi connectivity index (χ2n) is 6.14. The molecule has 0 radical (unpaired) electrons. The summed E-state index contributed by atoms with van der Waals surface area (Å²) in [5, 5.41) is 10.4. The molecule has 0 saturated heterocycles. The third-order valence-electron chi connectivity index (χ3n) is 4.58. The summed E-state index contributed by atoms with van der Waals surface area (Å²) in [6, 6.07) is 14.2. The van der Waals surface area contributed by atoms with Crippen LogP contribution in [-0.2, 0) is 11.2 Å². The van der Waals surface area contributed by atoms with E-state index in [0.717, 1.165) is 38.6 Å². The van der Waals surface area contributed by atoms with Crippen LogP contribution < -0.4 is 0 Å². The minimum atomic E-state index is -0.821. The molecule has 3 aromatic rings.